The van der Waals surface area contributed by atoms with Gasteiger partial charge in [-0.2, -0.15) is 5.10 Å². The van der Waals surface area contributed by atoms with Crippen LogP contribution in [0.15, 0.2) is 67.9 Å². The first-order valence-corrected chi connectivity index (χ1v) is 12.8. The molecule has 1 amide bonds. The highest BCUT2D eigenvalue weighted by atomic mass is 35.5. The lowest BCUT2D eigenvalue weighted by Gasteiger charge is -2.31. The third kappa shape index (κ3) is 5.08. The number of aromatic nitrogens is 6. The highest BCUT2D eigenvalue weighted by molar-refractivity contribution is 6.32. The van der Waals surface area contributed by atoms with Crippen molar-refractivity contribution in [2.45, 2.75) is 18.9 Å². The summed E-state index contributed by atoms with van der Waals surface area (Å²) in [6, 6.07) is 9.87. The maximum Gasteiger partial charge on any atom is 0.245 e. The highest BCUT2D eigenvalue weighted by Crippen LogP contribution is 2.36. The summed E-state index contributed by atoms with van der Waals surface area (Å²) >= 11 is 6.33. The van der Waals surface area contributed by atoms with Gasteiger partial charge >= 0.3 is 0 Å². The van der Waals surface area contributed by atoms with E-state index in [4.69, 9.17) is 21.1 Å². The third-order valence-electron chi connectivity index (χ3n) is 6.45. The van der Waals surface area contributed by atoms with E-state index >= 15 is 4.39 Å². The molecule has 0 bridgehead atoms. The molecule has 5 aromatic rings. The van der Waals surface area contributed by atoms with Crippen LogP contribution in [-0.4, -0.2) is 59.6 Å². The van der Waals surface area contributed by atoms with Crippen LogP contribution < -0.4 is 14.8 Å². The molecule has 0 aliphatic carbocycles. The standard InChI is InChI=1S/C27H22ClFN8O3/c1-2-23(38)36-10-7-16(8-11-36)40-22-6-4-19-26(35-22)27(32-14-30-19)34-18-3-5-20(24(28)25(18)29)39-17-9-12-37-21(13-17)31-15-33-37/h2-6,9,12-16H,1,7-8,10-11H2,(H,30,32,34). The van der Waals surface area contributed by atoms with Crippen molar-refractivity contribution in [1.82, 2.24) is 34.4 Å². The van der Waals surface area contributed by atoms with Gasteiger partial charge in [-0.25, -0.2) is 28.8 Å². The minimum absolute atomic E-state index is 0.0811. The molecule has 1 N–H and O–H groups in total. The molecule has 1 saturated heterocycles. The second-order valence-corrected chi connectivity index (χ2v) is 9.36. The average molecular weight is 561 g/mol. The molecule has 5 heterocycles. The average Bonchev–Trinajstić information content (AvgIpc) is 3.45. The van der Waals surface area contributed by atoms with Crippen molar-refractivity contribution >= 4 is 45.7 Å². The number of benzene rings is 1. The fourth-order valence-corrected chi connectivity index (χ4v) is 4.60. The van der Waals surface area contributed by atoms with E-state index in [-0.39, 0.29) is 34.3 Å². The number of anilines is 2. The van der Waals surface area contributed by atoms with Crippen molar-refractivity contribution in [3.63, 3.8) is 0 Å². The molecule has 4 aromatic heterocycles. The van der Waals surface area contributed by atoms with E-state index in [0.717, 1.165) is 0 Å². The van der Waals surface area contributed by atoms with E-state index in [1.165, 1.54) is 24.8 Å². The lowest BCUT2D eigenvalue weighted by molar-refractivity contribution is -0.127. The summed E-state index contributed by atoms with van der Waals surface area (Å²) < 4.78 is 28.8. The Morgan fingerprint density at radius 1 is 1.12 bits per heavy atom. The zero-order valence-corrected chi connectivity index (χ0v) is 21.8. The number of ether oxygens (including phenoxy) is 2. The molecule has 0 spiro atoms. The van der Waals surface area contributed by atoms with Crippen LogP contribution in [0.25, 0.3) is 16.7 Å². The molecule has 1 aliphatic rings. The largest absolute Gasteiger partial charge is 0.474 e. The zero-order chi connectivity index (χ0) is 27.6. The summed E-state index contributed by atoms with van der Waals surface area (Å²) in [6.07, 6.45) is 7.00. The zero-order valence-electron chi connectivity index (χ0n) is 21.0. The topological polar surface area (TPSA) is 120 Å². The van der Waals surface area contributed by atoms with Crippen molar-refractivity contribution in [3.8, 4) is 17.4 Å². The Bertz CT molecular complexity index is 1740. The number of hydrogen-bond donors (Lipinski definition) is 1. The molecule has 1 aromatic carbocycles. The molecule has 11 nitrogen and oxygen atoms in total. The van der Waals surface area contributed by atoms with Gasteiger partial charge in [0, 0.05) is 44.3 Å². The fraction of sp³-hybridized carbons (Fsp3) is 0.185. The van der Waals surface area contributed by atoms with Gasteiger partial charge in [-0.3, -0.25) is 4.79 Å². The summed E-state index contributed by atoms with van der Waals surface area (Å²) in [5.41, 5.74) is 1.60. The van der Waals surface area contributed by atoms with Gasteiger partial charge in [-0.15, -0.1) is 0 Å². The first-order chi connectivity index (χ1) is 19.5. The lowest BCUT2D eigenvalue weighted by Crippen LogP contribution is -2.41. The van der Waals surface area contributed by atoms with Gasteiger partial charge in [0.15, 0.2) is 17.3 Å². The number of likely N-dealkylation sites (tertiary alicyclic amines) is 1. The van der Waals surface area contributed by atoms with Crippen LogP contribution in [0.4, 0.5) is 15.9 Å². The number of amides is 1. The number of hydrogen-bond acceptors (Lipinski definition) is 9. The van der Waals surface area contributed by atoms with Crippen LogP contribution in [0.2, 0.25) is 5.02 Å². The van der Waals surface area contributed by atoms with Crippen molar-refractivity contribution in [2.24, 2.45) is 0 Å². The molecule has 13 heteroatoms. The number of piperidine rings is 1. The van der Waals surface area contributed by atoms with E-state index < -0.39 is 5.82 Å². The van der Waals surface area contributed by atoms with Gasteiger partial charge in [-0.05, 0) is 30.3 Å². The highest BCUT2D eigenvalue weighted by Gasteiger charge is 2.23. The molecule has 1 aliphatic heterocycles. The van der Waals surface area contributed by atoms with Gasteiger partial charge < -0.3 is 19.7 Å². The predicted molar refractivity (Wildman–Crippen MR) is 146 cm³/mol. The maximum atomic E-state index is 15.3. The quantitative estimate of drug-likeness (QED) is 0.276. The summed E-state index contributed by atoms with van der Waals surface area (Å²) in [4.78, 5) is 30.8. The number of nitrogens with zero attached hydrogens (tertiary/aromatic N) is 7. The van der Waals surface area contributed by atoms with Crippen LogP contribution in [0, 0.1) is 5.82 Å². The normalized spacial score (nSPS) is 13.9. The predicted octanol–water partition coefficient (Wildman–Crippen LogP) is 4.95. The molecule has 202 valence electrons. The Morgan fingerprint density at radius 3 is 2.80 bits per heavy atom. The second-order valence-electron chi connectivity index (χ2n) is 8.98. The number of carbonyl (C=O) groups is 1. The SMILES string of the molecule is C=CC(=O)N1CCC(Oc2ccc3ncnc(Nc4ccc(Oc5ccn6ncnc6c5)c(Cl)c4F)c3n2)CC1. The first kappa shape index (κ1) is 25.4. The minimum Gasteiger partial charge on any atom is -0.474 e. The number of carbonyl (C=O) groups excluding carboxylic acids is 1. The molecule has 0 saturated carbocycles. The van der Waals surface area contributed by atoms with Gasteiger partial charge in [-0.1, -0.05) is 18.2 Å². The number of nitrogens with one attached hydrogen (secondary N) is 1. The second kappa shape index (κ2) is 10.7. The Kier molecular flexibility index (Phi) is 6.83. The summed E-state index contributed by atoms with van der Waals surface area (Å²) in [5, 5.41) is 6.79. The molecule has 0 radical (unpaired) electrons. The van der Waals surface area contributed by atoms with E-state index in [2.05, 4.69) is 36.9 Å². The van der Waals surface area contributed by atoms with Crippen LogP contribution in [0.3, 0.4) is 0 Å². The smallest absolute Gasteiger partial charge is 0.245 e. The molecule has 0 unspecified atom stereocenters. The number of halogens is 2. The van der Waals surface area contributed by atoms with E-state index in [0.29, 0.717) is 54.2 Å². The van der Waals surface area contributed by atoms with Crippen LogP contribution in [0.1, 0.15) is 12.8 Å². The molecule has 1 fully saturated rings. The van der Waals surface area contributed by atoms with Crippen molar-refractivity contribution in [2.75, 3.05) is 18.4 Å². The van der Waals surface area contributed by atoms with Crippen LogP contribution in [-0.2, 0) is 4.79 Å². The Balaban J connectivity index is 1.20. The monoisotopic (exact) mass is 560 g/mol. The van der Waals surface area contributed by atoms with Crippen molar-refractivity contribution < 1.29 is 18.7 Å². The van der Waals surface area contributed by atoms with E-state index in [1.807, 2.05) is 0 Å². The molecule has 6 rings (SSSR count). The summed E-state index contributed by atoms with van der Waals surface area (Å²) in [5.74, 6) is 0.418. The fourth-order valence-electron chi connectivity index (χ4n) is 4.39. The Morgan fingerprint density at radius 2 is 1.98 bits per heavy atom. The third-order valence-corrected chi connectivity index (χ3v) is 6.80. The van der Waals surface area contributed by atoms with Crippen molar-refractivity contribution in [3.05, 3.63) is 78.7 Å². The lowest BCUT2D eigenvalue weighted by atomic mass is 10.1. The van der Waals surface area contributed by atoms with Crippen LogP contribution >= 0.6 is 11.6 Å². The van der Waals surface area contributed by atoms with Gasteiger partial charge in [0.25, 0.3) is 0 Å². The Hall–Kier alpha value is -4.84. The summed E-state index contributed by atoms with van der Waals surface area (Å²) in [6.45, 7) is 4.69. The maximum absolute atomic E-state index is 15.3. The molecule has 0 atom stereocenters. The van der Waals surface area contributed by atoms with Crippen LogP contribution in [0.5, 0.6) is 17.4 Å². The van der Waals surface area contributed by atoms with Crippen molar-refractivity contribution in [1.29, 1.82) is 0 Å². The molecule has 40 heavy (non-hydrogen) atoms. The molecular weight excluding hydrogens is 539 g/mol. The number of rotatable bonds is 7. The van der Waals surface area contributed by atoms with Gasteiger partial charge in [0.05, 0.1) is 11.2 Å². The van der Waals surface area contributed by atoms with E-state index in [1.54, 1.807) is 45.9 Å². The number of fused-ring (bicyclic) bond motifs is 2. The number of pyridine rings is 2. The Labute approximate surface area is 232 Å². The summed E-state index contributed by atoms with van der Waals surface area (Å²) in [7, 11) is 0. The van der Waals surface area contributed by atoms with Gasteiger partial charge in [0.1, 0.15) is 40.8 Å². The minimum atomic E-state index is -0.720. The van der Waals surface area contributed by atoms with E-state index in [9.17, 15) is 4.79 Å². The first-order valence-electron chi connectivity index (χ1n) is 12.4. The van der Waals surface area contributed by atoms with Gasteiger partial charge in [0.2, 0.25) is 11.8 Å². The molecular formula is C27H22ClFN8O3.